The second kappa shape index (κ2) is 10.8. The van der Waals surface area contributed by atoms with Gasteiger partial charge in [-0.05, 0) is 49.4 Å². The Hall–Kier alpha value is -4.55. The molecule has 1 aliphatic heterocycles. The number of anilines is 3. The minimum Gasteiger partial charge on any atom is -0.465 e. The summed E-state index contributed by atoms with van der Waals surface area (Å²) in [6.07, 6.45) is 0. The molecule has 0 radical (unpaired) electrons. The highest BCUT2D eigenvalue weighted by atomic mass is 35.5. The first kappa shape index (κ1) is 26.5. The predicted octanol–water partition coefficient (Wildman–Crippen LogP) is 3.71. The minimum atomic E-state index is -0.751. The molecule has 4 rings (SSSR count). The van der Waals surface area contributed by atoms with Crippen LogP contribution in [0.2, 0.25) is 0 Å². The lowest BCUT2D eigenvalue weighted by atomic mass is 10.2. The van der Waals surface area contributed by atoms with Gasteiger partial charge in [0.2, 0.25) is 0 Å². The van der Waals surface area contributed by atoms with E-state index < -0.39 is 29.7 Å². The molecule has 0 spiro atoms. The van der Waals surface area contributed by atoms with Gasteiger partial charge in [-0.2, -0.15) is 0 Å². The van der Waals surface area contributed by atoms with Crippen LogP contribution in [-0.4, -0.2) is 48.9 Å². The van der Waals surface area contributed by atoms with Gasteiger partial charge in [0.1, 0.15) is 15.6 Å². The summed E-state index contributed by atoms with van der Waals surface area (Å²) in [5.74, 6) is -3.10. The van der Waals surface area contributed by atoms with Crippen molar-refractivity contribution in [1.29, 1.82) is 0 Å². The quantitative estimate of drug-likeness (QED) is 0.330. The summed E-state index contributed by atoms with van der Waals surface area (Å²) in [5, 5.41) is 5.31. The molecule has 2 N–H and O–H groups in total. The van der Waals surface area contributed by atoms with Gasteiger partial charge in [0, 0.05) is 11.3 Å². The van der Waals surface area contributed by atoms with E-state index in [2.05, 4.69) is 20.4 Å². The number of carbonyl (C=O) groups excluding carboxylic acids is 5. The average Bonchev–Trinajstić information content (AvgIpc) is 3.39. The van der Waals surface area contributed by atoms with Crippen molar-refractivity contribution in [1.82, 2.24) is 4.98 Å². The summed E-state index contributed by atoms with van der Waals surface area (Å²) >= 11 is 7.17. The number of aromatic nitrogens is 1. The van der Waals surface area contributed by atoms with Crippen molar-refractivity contribution in [3.05, 3.63) is 81.0 Å². The standard InChI is InChI=1S/C25H19ClN4O7S/c1-12-19(24(35)37-3)38-25(27-12)29-20(31)14-5-4-6-15(11-14)28-18-17(26)21(32)30(22(18)33)16-9-7-13(8-10-16)23(34)36-2/h4-11,28H,1-3H3,(H,27,29,31). The van der Waals surface area contributed by atoms with Gasteiger partial charge in [0.05, 0.1) is 31.2 Å². The molecule has 0 aliphatic carbocycles. The van der Waals surface area contributed by atoms with E-state index in [4.69, 9.17) is 16.3 Å². The average molecular weight is 555 g/mol. The lowest BCUT2D eigenvalue weighted by Crippen LogP contribution is -2.32. The van der Waals surface area contributed by atoms with E-state index in [9.17, 15) is 24.0 Å². The number of thiazole rings is 1. The zero-order chi connectivity index (χ0) is 27.6. The van der Waals surface area contributed by atoms with Crippen LogP contribution in [0.5, 0.6) is 0 Å². The number of nitrogens with one attached hydrogen (secondary N) is 2. The molecule has 194 valence electrons. The second-order valence-electron chi connectivity index (χ2n) is 7.76. The van der Waals surface area contributed by atoms with Crippen molar-refractivity contribution in [2.75, 3.05) is 29.8 Å². The Bertz CT molecular complexity index is 1510. The van der Waals surface area contributed by atoms with Crippen LogP contribution in [0.1, 0.15) is 36.1 Å². The number of amides is 3. The van der Waals surface area contributed by atoms with E-state index in [1.807, 2.05) is 0 Å². The number of ether oxygens (including phenoxy) is 2. The van der Waals surface area contributed by atoms with E-state index in [0.717, 1.165) is 16.2 Å². The third-order valence-electron chi connectivity index (χ3n) is 5.36. The number of esters is 2. The molecule has 0 saturated carbocycles. The van der Waals surface area contributed by atoms with Crippen LogP contribution >= 0.6 is 22.9 Å². The number of nitrogens with zero attached hydrogens (tertiary/aromatic N) is 2. The molecule has 0 atom stereocenters. The third kappa shape index (κ3) is 5.12. The molecule has 0 saturated heterocycles. The van der Waals surface area contributed by atoms with Crippen LogP contribution in [-0.2, 0) is 19.1 Å². The van der Waals surface area contributed by atoms with Gasteiger partial charge in [0.25, 0.3) is 17.7 Å². The van der Waals surface area contributed by atoms with Crippen LogP contribution in [0.15, 0.2) is 59.3 Å². The maximum Gasteiger partial charge on any atom is 0.350 e. The molecule has 1 aromatic heterocycles. The Kier molecular flexibility index (Phi) is 7.55. The highest BCUT2D eigenvalue weighted by Gasteiger charge is 2.39. The summed E-state index contributed by atoms with van der Waals surface area (Å²) in [5.41, 5.74) is 1.23. The number of rotatable bonds is 7. The molecule has 2 heterocycles. The van der Waals surface area contributed by atoms with Crippen LogP contribution in [0.3, 0.4) is 0 Å². The number of hydrogen-bond acceptors (Lipinski definition) is 10. The number of hydrogen-bond donors (Lipinski definition) is 2. The molecule has 13 heteroatoms. The zero-order valence-electron chi connectivity index (χ0n) is 20.2. The molecular formula is C25H19ClN4O7S. The van der Waals surface area contributed by atoms with E-state index in [1.165, 1.54) is 50.6 Å². The Morgan fingerprint density at radius 2 is 1.63 bits per heavy atom. The van der Waals surface area contributed by atoms with E-state index in [1.54, 1.807) is 19.1 Å². The monoisotopic (exact) mass is 554 g/mol. The van der Waals surface area contributed by atoms with E-state index in [0.29, 0.717) is 11.4 Å². The first-order valence-corrected chi connectivity index (χ1v) is 12.0. The fourth-order valence-electron chi connectivity index (χ4n) is 3.49. The Morgan fingerprint density at radius 1 is 0.947 bits per heavy atom. The predicted molar refractivity (Wildman–Crippen MR) is 139 cm³/mol. The first-order valence-electron chi connectivity index (χ1n) is 10.9. The normalized spacial score (nSPS) is 13.0. The number of methoxy groups -OCH3 is 2. The second-order valence-corrected chi connectivity index (χ2v) is 9.14. The van der Waals surface area contributed by atoms with E-state index in [-0.39, 0.29) is 37.6 Å². The van der Waals surface area contributed by atoms with Gasteiger partial charge in [0.15, 0.2) is 5.13 Å². The zero-order valence-corrected chi connectivity index (χ0v) is 21.7. The fourth-order valence-corrected chi connectivity index (χ4v) is 4.59. The van der Waals surface area contributed by atoms with Crippen molar-refractivity contribution in [2.45, 2.75) is 6.92 Å². The maximum atomic E-state index is 13.1. The number of imide groups is 1. The fraction of sp³-hybridized carbons (Fsp3) is 0.120. The molecule has 3 amide bonds. The molecule has 1 aliphatic rings. The van der Waals surface area contributed by atoms with Crippen molar-refractivity contribution >= 4 is 69.1 Å². The first-order chi connectivity index (χ1) is 18.1. The molecule has 3 aromatic rings. The molecule has 11 nitrogen and oxygen atoms in total. The van der Waals surface area contributed by atoms with Gasteiger partial charge in [-0.3, -0.25) is 19.7 Å². The highest BCUT2D eigenvalue weighted by Crippen LogP contribution is 2.31. The highest BCUT2D eigenvalue weighted by molar-refractivity contribution is 7.17. The van der Waals surface area contributed by atoms with Gasteiger partial charge in [-0.1, -0.05) is 29.0 Å². The molecule has 38 heavy (non-hydrogen) atoms. The number of halogens is 1. The Labute approximate surface area is 225 Å². The minimum absolute atomic E-state index is 0.176. The van der Waals surface area contributed by atoms with Crippen LogP contribution in [0.25, 0.3) is 0 Å². The Morgan fingerprint density at radius 3 is 2.29 bits per heavy atom. The van der Waals surface area contributed by atoms with Gasteiger partial charge in [-0.15, -0.1) is 0 Å². The maximum absolute atomic E-state index is 13.1. The summed E-state index contributed by atoms with van der Waals surface area (Å²) in [6.45, 7) is 1.62. The van der Waals surface area contributed by atoms with Gasteiger partial charge in [-0.25, -0.2) is 19.5 Å². The van der Waals surface area contributed by atoms with Crippen molar-refractivity contribution in [3.63, 3.8) is 0 Å². The topological polar surface area (TPSA) is 144 Å². The molecule has 0 fully saturated rings. The molecule has 2 aromatic carbocycles. The lowest BCUT2D eigenvalue weighted by molar-refractivity contribution is -0.120. The SMILES string of the molecule is COC(=O)c1ccc(N2C(=O)C(Cl)=C(Nc3cccc(C(=O)Nc4nc(C)c(C(=O)OC)s4)c3)C2=O)cc1. The van der Waals surface area contributed by atoms with Crippen molar-refractivity contribution in [3.8, 4) is 0 Å². The molecular weight excluding hydrogens is 536 g/mol. The number of benzene rings is 2. The van der Waals surface area contributed by atoms with Crippen LogP contribution < -0.4 is 15.5 Å². The molecule has 0 unspecified atom stereocenters. The van der Waals surface area contributed by atoms with Crippen LogP contribution in [0, 0.1) is 6.92 Å². The number of carbonyl (C=O) groups is 5. The Balaban J connectivity index is 1.50. The number of aryl methyl sites for hydroxylation is 1. The van der Waals surface area contributed by atoms with Gasteiger partial charge >= 0.3 is 11.9 Å². The summed E-state index contributed by atoms with van der Waals surface area (Å²) in [7, 11) is 2.49. The third-order valence-corrected chi connectivity index (χ3v) is 6.76. The smallest absolute Gasteiger partial charge is 0.350 e. The van der Waals surface area contributed by atoms with E-state index >= 15 is 0 Å². The largest absolute Gasteiger partial charge is 0.465 e. The van der Waals surface area contributed by atoms with Crippen molar-refractivity contribution in [2.24, 2.45) is 0 Å². The summed E-state index contributed by atoms with van der Waals surface area (Å²) in [6, 6.07) is 11.8. The van der Waals surface area contributed by atoms with Crippen molar-refractivity contribution < 1.29 is 33.4 Å². The molecule has 0 bridgehead atoms. The van der Waals surface area contributed by atoms with Crippen LogP contribution in [0.4, 0.5) is 16.5 Å². The lowest BCUT2D eigenvalue weighted by Gasteiger charge is -2.15. The summed E-state index contributed by atoms with van der Waals surface area (Å²) in [4.78, 5) is 67.4. The van der Waals surface area contributed by atoms with Gasteiger partial charge < -0.3 is 14.8 Å². The summed E-state index contributed by atoms with van der Waals surface area (Å²) < 4.78 is 9.35.